The Morgan fingerprint density at radius 1 is 1.31 bits per heavy atom. The van der Waals surface area contributed by atoms with Crippen molar-refractivity contribution in [1.82, 2.24) is 0 Å². The van der Waals surface area contributed by atoms with Crippen molar-refractivity contribution in [1.29, 1.82) is 0 Å². The molecular formula is C13H27NOSi. The highest BCUT2D eigenvalue weighted by Crippen LogP contribution is 2.49. The molecule has 0 aromatic carbocycles. The number of hydrogen-bond donors (Lipinski definition) is 1. The lowest BCUT2D eigenvalue weighted by molar-refractivity contribution is 0.278. The summed E-state index contributed by atoms with van der Waals surface area (Å²) in [7, 11) is 0.986. The summed E-state index contributed by atoms with van der Waals surface area (Å²) in [4.78, 5) is 0. The first-order valence-corrected chi connectivity index (χ1v) is 6.93. The average Bonchev–Trinajstić information content (AvgIpc) is 2.17. The smallest absolute Gasteiger partial charge is 0.0687 e. The van der Waals surface area contributed by atoms with E-state index in [0.29, 0.717) is 0 Å². The van der Waals surface area contributed by atoms with Crippen molar-refractivity contribution in [2.75, 3.05) is 0 Å². The summed E-state index contributed by atoms with van der Waals surface area (Å²) >= 11 is 0. The normalized spacial score (nSPS) is 18.2. The van der Waals surface area contributed by atoms with Crippen LogP contribution in [0.4, 0.5) is 0 Å². The highest BCUT2D eigenvalue weighted by Gasteiger charge is 2.44. The van der Waals surface area contributed by atoms with Gasteiger partial charge in [-0.15, -0.1) is 6.58 Å². The van der Waals surface area contributed by atoms with Gasteiger partial charge in [0.15, 0.2) is 0 Å². The molecule has 0 saturated carbocycles. The molecule has 1 unspecified atom stereocenters. The Labute approximate surface area is 103 Å². The molecular weight excluding hydrogens is 214 g/mol. The van der Waals surface area contributed by atoms with Crippen molar-refractivity contribution in [3.8, 4) is 0 Å². The van der Waals surface area contributed by atoms with Crippen LogP contribution >= 0.6 is 0 Å². The molecule has 0 saturated heterocycles. The van der Waals surface area contributed by atoms with Crippen molar-refractivity contribution >= 4 is 16.0 Å². The average molecular weight is 241 g/mol. The van der Waals surface area contributed by atoms with E-state index in [4.69, 9.17) is 0 Å². The fourth-order valence-corrected chi connectivity index (χ4v) is 2.07. The van der Waals surface area contributed by atoms with Gasteiger partial charge in [-0.1, -0.05) is 52.8 Å². The molecule has 0 bridgehead atoms. The van der Waals surface area contributed by atoms with Crippen molar-refractivity contribution in [3.05, 3.63) is 12.7 Å². The summed E-state index contributed by atoms with van der Waals surface area (Å²) in [6.45, 7) is 16.8. The van der Waals surface area contributed by atoms with E-state index in [1.165, 1.54) is 0 Å². The van der Waals surface area contributed by atoms with Gasteiger partial charge >= 0.3 is 0 Å². The molecule has 0 spiro atoms. The molecule has 3 heteroatoms. The molecule has 0 fully saturated rings. The number of allylic oxidation sites excluding steroid dienone is 1. The molecule has 94 valence electrons. The second kappa shape index (κ2) is 4.74. The first-order chi connectivity index (χ1) is 7.06. The standard InChI is InChI=1S/C13H27NOSi/c1-8-11(3,4)10(14-15)12(5,6)13(7,16)9-2/h9,15H,2,8H2,1,3-7,16H3. The van der Waals surface area contributed by atoms with Gasteiger partial charge in [-0.2, -0.15) is 0 Å². The van der Waals surface area contributed by atoms with Gasteiger partial charge in [0, 0.05) is 21.1 Å². The Bertz CT molecular complexity index is 290. The summed E-state index contributed by atoms with van der Waals surface area (Å²) in [6, 6.07) is 0. The van der Waals surface area contributed by atoms with Gasteiger partial charge < -0.3 is 5.21 Å². The van der Waals surface area contributed by atoms with Crippen molar-refractivity contribution in [3.63, 3.8) is 0 Å². The van der Waals surface area contributed by atoms with Gasteiger partial charge in [-0.25, -0.2) is 0 Å². The first-order valence-electron chi connectivity index (χ1n) is 5.93. The minimum absolute atomic E-state index is 0.0288. The number of hydrogen-bond acceptors (Lipinski definition) is 2. The Kier molecular flexibility index (Phi) is 4.57. The molecule has 0 radical (unpaired) electrons. The Balaban J connectivity index is 5.53. The van der Waals surface area contributed by atoms with Crippen LogP contribution in [-0.2, 0) is 0 Å². The zero-order chi connectivity index (χ0) is 13.2. The molecule has 0 aromatic rings. The van der Waals surface area contributed by atoms with Gasteiger partial charge in [-0.05, 0) is 11.5 Å². The zero-order valence-electron chi connectivity index (χ0n) is 11.9. The maximum absolute atomic E-state index is 9.36. The fraction of sp³-hybridized carbons (Fsp3) is 0.769. The van der Waals surface area contributed by atoms with Crippen molar-refractivity contribution in [2.45, 2.75) is 53.0 Å². The van der Waals surface area contributed by atoms with Crippen LogP contribution in [0.25, 0.3) is 0 Å². The monoisotopic (exact) mass is 241 g/mol. The van der Waals surface area contributed by atoms with Gasteiger partial charge in [0.1, 0.15) is 0 Å². The number of rotatable bonds is 5. The maximum atomic E-state index is 9.36. The van der Waals surface area contributed by atoms with Crippen LogP contribution in [-0.4, -0.2) is 21.2 Å². The van der Waals surface area contributed by atoms with E-state index in [0.717, 1.165) is 22.4 Å². The minimum Gasteiger partial charge on any atom is -0.411 e. The third-order valence-electron chi connectivity index (χ3n) is 4.34. The first kappa shape index (κ1) is 15.4. The quantitative estimate of drug-likeness (QED) is 0.259. The van der Waals surface area contributed by atoms with Crippen LogP contribution in [0.15, 0.2) is 17.8 Å². The molecule has 0 aromatic heterocycles. The molecule has 16 heavy (non-hydrogen) atoms. The zero-order valence-corrected chi connectivity index (χ0v) is 13.9. The summed E-state index contributed by atoms with van der Waals surface area (Å²) in [5.41, 5.74) is 0.641. The third-order valence-corrected chi connectivity index (χ3v) is 6.00. The van der Waals surface area contributed by atoms with E-state index >= 15 is 0 Å². The third kappa shape index (κ3) is 2.57. The summed E-state index contributed by atoms with van der Waals surface area (Å²) in [5.74, 6) is 0. The van der Waals surface area contributed by atoms with Gasteiger partial charge in [0.05, 0.1) is 5.71 Å². The molecule has 0 aliphatic heterocycles. The van der Waals surface area contributed by atoms with Crippen molar-refractivity contribution < 1.29 is 5.21 Å². The second-order valence-corrected chi connectivity index (χ2v) is 8.31. The molecule has 1 atom stereocenters. The molecule has 0 heterocycles. The molecule has 0 aliphatic carbocycles. The van der Waals surface area contributed by atoms with Gasteiger partial charge in [-0.3, -0.25) is 0 Å². The van der Waals surface area contributed by atoms with Crippen LogP contribution in [0, 0.1) is 10.8 Å². The summed E-state index contributed by atoms with van der Waals surface area (Å²) in [5, 5.41) is 13.0. The maximum Gasteiger partial charge on any atom is 0.0687 e. The van der Waals surface area contributed by atoms with E-state index in [2.05, 4.69) is 53.3 Å². The van der Waals surface area contributed by atoms with Crippen LogP contribution in [0.1, 0.15) is 48.0 Å². The summed E-state index contributed by atoms with van der Waals surface area (Å²) in [6.07, 6.45) is 2.96. The highest BCUT2D eigenvalue weighted by atomic mass is 28.1. The predicted octanol–water partition coefficient (Wildman–Crippen LogP) is 3.01. The van der Waals surface area contributed by atoms with Crippen LogP contribution in [0.3, 0.4) is 0 Å². The second-order valence-electron chi connectivity index (χ2n) is 6.24. The van der Waals surface area contributed by atoms with Crippen LogP contribution in [0.2, 0.25) is 5.04 Å². The van der Waals surface area contributed by atoms with E-state index in [-0.39, 0.29) is 15.9 Å². The molecule has 0 amide bonds. The van der Waals surface area contributed by atoms with Crippen LogP contribution in [0.5, 0.6) is 0 Å². The lowest BCUT2D eigenvalue weighted by Crippen LogP contribution is -2.43. The SMILES string of the molecule is C=CC(C)([SiH3])C(C)(C)C(=NO)C(C)(C)CC. The minimum atomic E-state index is -0.158. The lowest BCUT2D eigenvalue weighted by Gasteiger charge is -2.44. The molecule has 2 nitrogen and oxygen atoms in total. The molecule has 1 N–H and O–H groups in total. The predicted molar refractivity (Wildman–Crippen MR) is 75.6 cm³/mol. The fourth-order valence-electron chi connectivity index (χ4n) is 1.83. The number of nitrogens with zero attached hydrogens (tertiary/aromatic N) is 1. The largest absolute Gasteiger partial charge is 0.411 e. The lowest BCUT2D eigenvalue weighted by atomic mass is 9.65. The topological polar surface area (TPSA) is 32.6 Å². The van der Waals surface area contributed by atoms with E-state index < -0.39 is 0 Å². The van der Waals surface area contributed by atoms with Gasteiger partial charge in [0.25, 0.3) is 0 Å². The Morgan fingerprint density at radius 3 is 2.00 bits per heavy atom. The van der Waals surface area contributed by atoms with E-state index in [1.807, 2.05) is 6.08 Å². The van der Waals surface area contributed by atoms with E-state index in [9.17, 15) is 5.21 Å². The van der Waals surface area contributed by atoms with Crippen LogP contribution < -0.4 is 0 Å². The number of oxime groups is 1. The van der Waals surface area contributed by atoms with Crippen molar-refractivity contribution in [2.24, 2.45) is 16.0 Å². The van der Waals surface area contributed by atoms with Gasteiger partial charge in [0.2, 0.25) is 0 Å². The molecule has 0 aliphatic rings. The summed E-state index contributed by atoms with van der Waals surface area (Å²) < 4.78 is 0. The van der Waals surface area contributed by atoms with E-state index in [1.54, 1.807) is 0 Å². The Hall–Kier alpha value is -0.573. The molecule has 0 rings (SSSR count). The highest BCUT2D eigenvalue weighted by molar-refractivity contribution is 6.20. The Morgan fingerprint density at radius 2 is 1.75 bits per heavy atom.